The van der Waals surface area contributed by atoms with Crippen LogP contribution in [0.4, 0.5) is 10.3 Å². The molecule has 1 aliphatic carbocycles. The van der Waals surface area contributed by atoms with Crippen LogP contribution in [-0.4, -0.2) is 52.9 Å². The van der Waals surface area contributed by atoms with Gasteiger partial charge in [-0.1, -0.05) is 104 Å². The normalized spacial score (nSPS) is 13.6. The van der Waals surface area contributed by atoms with Crippen LogP contribution < -0.4 is 10.5 Å². The summed E-state index contributed by atoms with van der Waals surface area (Å²) in [6.45, 7) is -0.247. The van der Waals surface area contributed by atoms with Crippen LogP contribution in [0.15, 0.2) is 139 Å². The van der Waals surface area contributed by atoms with E-state index in [-0.39, 0.29) is 34.4 Å². The van der Waals surface area contributed by atoms with Crippen LogP contribution in [0.1, 0.15) is 42.5 Å². The van der Waals surface area contributed by atoms with E-state index in [1.54, 1.807) is 30.6 Å². The Morgan fingerprint density at radius 1 is 0.772 bits per heavy atom. The first kappa shape index (κ1) is 39.3. The average molecular weight is 805 g/mol. The lowest BCUT2D eigenvalue weighted by atomic mass is 9.99. The Morgan fingerprint density at radius 3 is 2.02 bits per heavy atom. The number of carbonyl (C=O) groups excluding carboxylic acids is 1. The average Bonchev–Trinajstić information content (AvgIpc) is 3.83. The van der Waals surface area contributed by atoms with Crippen molar-refractivity contribution in [3.63, 3.8) is 0 Å². The fourth-order valence-corrected chi connectivity index (χ4v) is 9.94. The number of Topliss-reactive ketones (excluding diaryl/α,β-unsaturated/α-hetero) is 1. The molecule has 0 radical (unpaired) electrons. The summed E-state index contributed by atoms with van der Waals surface area (Å²) in [5.74, 6) is -1.07. The van der Waals surface area contributed by atoms with Gasteiger partial charge in [-0.15, -0.1) is 0 Å². The molecule has 7 aromatic rings. The molecule has 8 rings (SSSR count). The SMILES string of the molecule is Cn1cnc2c(C(=O)CNS(=O)(=O)C3CCCCC3)cc(-c3ccccc3)cc21.Nc1ncc(-c2ccc(-c3ccccc3)cc2F)n1S(=O)(=O)c1ccccc1. The molecular weight excluding hydrogens is 764 g/mol. The third kappa shape index (κ3) is 8.43. The summed E-state index contributed by atoms with van der Waals surface area (Å²) < 4.78 is 71.4. The fourth-order valence-electron chi connectivity index (χ4n) is 7.01. The molecule has 14 heteroatoms. The van der Waals surface area contributed by atoms with Crippen LogP contribution in [0.3, 0.4) is 0 Å². The zero-order valence-electron chi connectivity index (χ0n) is 31.1. The van der Waals surface area contributed by atoms with E-state index in [1.165, 1.54) is 30.5 Å². The molecule has 0 bridgehead atoms. The molecule has 1 aliphatic rings. The molecule has 0 atom stereocenters. The van der Waals surface area contributed by atoms with Gasteiger partial charge in [-0.2, -0.15) is 0 Å². The molecule has 2 heterocycles. The van der Waals surface area contributed by atoms with Crippen LogP contribution in [0.25, 0.3) is 44.5 Å². The molecule has 2 aromatic heterocycles. The highest BCUT2D eigenvalue weighted by molar-refractivity contribution is 7.90. The van der Waals surface area contributed by atoms with Crippen molar-refractivity contribution in [1.82, 2.24) is 23.2 Å². The predicted molar refractivity (Wildman–Crippen MR) is 221 cm³/mol. The monoisotopic (exact) mass is 804 g/mol. The van der Waals surface area contributed by atoms with Crippen molar-refractivity contribution in [1.29, 1.82) is 0 Å². The van der Waals surface area contributed by atoms with E-state index in [0.29, 0.717) is 29.5 Å². The van der Waals surface area contributed by atoms with Crippen LogP contribution in [0, 0.1) is 5.82 Å². The van der Waals surface area contributed by atoms with Crippen LogP contribution in [0.5, 0.6) is 0 Å². The predicted octanol–water partition coefficient (Wildman–Crippen LogP) is 7.85. The van der Waals surface area contributed by atoms with Gasteiger partial charge < -0.3 is 10.3 Å². The first-order valence-corrected chi connectivity index (χ1v) is 21.4. The number of aromatic nitrogens is 4. The molecule has 0 saturated heterocycles. The van der Waals surface area contributed by atoms with Crippen molar-refractivity contribution in [3.8, 4) is 33.5 Å². The van der Waals surface area contributed by atoms with Gasteiger partial charge in [0.25, 0.3) is 10.0 Å². The van der Waals surface area contributed by atoms with Gasteiger partial charge in [0.15, 0.2) is 5.78 Å². The van der Waals surface area contributed by atoms with Crippen LogP contribution in [0.2, 0.25) is 0 Å². The number of ketones is 1. The number of aryl methyl sites for hydroxylation is 1. The number of fused-ring (bicyclic) bond motifs is 1. The summed E-state index contributed by atoms with van der Waals surface area (Å²) in [6, 6.07) is 35.4. The smallest absolute Gasteiger partial charge is 0.271 e. The molecule has 0 spiro atoms. The lowest BCUT2D eigenvalue weighted by Crippen LogP contribution is -2.38. The number of sulfonamides is 1. The summed E-state index contributed by atoms with van der Waals surface area (Å²) >= 11 is 0. The van der Waals surface area contributed by atoms with Crippen molar-refractivity contribution in [2.45, 2.75) is 42.2 Å². The third-order valence-electron chi connectivity index (χ3n) is 10.0. The fraction of sp³-hybridized carbons (Fsp3) is 0.186. The quantitative estimate of drug-likeness (QED) is 0.132. The standard InChI is InChI=1S/C22H25N3O3S.C21H16FN3O2S/c1-25-15-23-22-19(12-17(13-20(22)25)16-8-4-2-5-9-16)21(26)14-24-29(27,28)18-10-6-3-7-11-18;22-19-13-16(15-7-3-1-4-8-15)11-12-18(19)20-14-24-21(23)25(20)28(26,27)17-9-5-2-6-10-17/h2,4-5,8-9,12-13,15,18,24H,3,6-7,10-11,14H2,1H3;1-14H,(H2,23,24). The maximum absolute atomic E-state index is 14.9. The largest absolute Gasteiger partial charge is 0.368 e. The number of rotatable bonds is 10. The van der Waals surface area contributed by atoms with Crippen molar-refractivity contribution in [3.05, 3.63) is 145 Å². The number of nitrogens with zero attached hydrogens (tertiary/aromatic N) is 4. The van der Waals surface area contributed by atoms with Gasteiger partial charge in [0.1, 0.15) is 5.82 Å². The Bertz CT molecular complexity index is 2750. The van der Waals surface area contributed by atoms with E-state index in [9.17, 15) is 26.0 Å². The highest BCUT2D eigenvalue weighted by Crippen LogP contribution is 2.32. The van der Waals surface area contributed by atoms with E-state index < -0.39 is 31.1 Å². The second kappa shape index (κ2) is 16.6. The van der Waals surface area contributed by atoms with Crippen LogP contribution >= 0.6 is 0 Å². The minimum absolute atomic E-state index is 0.0438. The maximum atomic E-state index is 14.9. The summed E-state index contributed by atoms with van der Waals surface area (Å²) in [5.41, 5.74) is 11.3. The number of halogens is 1. The Hall–Kier alpha value is -5.96. The van der Waals surface area contributed by atoms with Crippen molar-refractivity contribution >= 4 is 42.8 Å². The number of nitrogens with two attached hydrogens (primary N) is 1. The number of hydrogen-bond acceptors (Lipinski definition) is 8. The number of carbonyl (C=O) groups is 1. The van der Waals surface area contributed by atoms with Gasteiger partial charge in [-0.3, -0.25) is 4.79 Å². The molecule has 0 amide bonds. The van der Waals surface area contributed by atoms with Crippen molar-refractivity contribution in [2.24, 2.45) is 7.05 Å². The van der Waals surface area contributed by atoms with Crippen LogP contribution in [-0.2, 0) is 27.1 Å². The van der Waals surface area contributed by atoms with Gasteiger partial charge in [-0.05, 0) is 71.5 Å². The zero-order chi connectivity index (χ0) is 40.2. The molecule has 292 valence electrons. The van der Waals surface area contributed by atoms with Gasteiger partial charge in [0.05, 0.1) is 45.9 Å². The minimum atomic E-state index is -4.02. The first-order chi connectivity index (χ1) is 27.4. The third-order valence-corrected chi connectivity index (χ3v) is 13.7. The second-order valence-electron chi connectivity index (χ2n) is 13.8. The molecule has 57 heavy (non-hydrogen) atoms. The molecule has 1 saturated carbocycles. The second-order valence-corrected chi connectivity index (χ2v) is 17.6. The van der Waals surface area contributed by atoms with E-state index in [2.05, 4.69) is 14.7 Å². The van der Waals surface area contributed by atoms with E-state index >= 15 is 0 Å². The summed E-state index contributed by atoms with van der Waals surface area (Å²) in [7, 11) is -5.64. The van der Waals surface area contributed by atoms with Crippen molar-refractivity contribution < 1.29 is 26.0 Å². The highest BCUT2D eigenvalue weighted by Gasteiger charge is 2.28. The van der Waals surface area contributed by atoms with Gasteiger partial charge in [-0.25, -0.2) is 39.9 Å². The van der Waals surface area contributed by atoms with E-state index in [0.717, 1.165) is 45.4 Å². The topological polar surface area (TPSA) is 159 Å². The Kier molecular flexibility index (Phi) is 11.5. The number of imidazole rings is 2. The number of hydrogen-bond donors (Lipinski definition) is 2. The zero-order valence-corrected chi connectivity index (χ0v) is 32.8. The molecule has 5 aromatic carbocycles. The lowest BCUT2D eigenvalue weighted by molar-refractivity contribution is 0.0998. The van der Waals surface area contributed by atoms with E-state index in [4.69, 9.17) is 5.73 Å². The van der Waals surface area contributed by atoms with E-state index in [1.807, 2.05) is 84.4 Å². The summed E-state index contributed by atoms with van der Waals surface area (Å²) in [4.78, 5) is 21.3. The Morgan fingerprint density at radius 2 is 1.39 bits per heavy atom. The van der Waals surface area contributed by atoms with Gasteiger partial charge >= 0.3 is 0 Å². The Balaban J connectivity index is 0.000000174. The maximum Gasteiger partial charge on any atom is 0.271 e. The Labute approximate surface area is 331 Å². The number of anilines is 1. The molecular formula is C43H41FN6O5S2. The summed E-state index contributed by atoms with van der Waals surface area (Å²) in [6.07, 6.45) is 7.18. The molecule has 1 fully saturated rings. The van der Waals surface area contributed by atoms with Gasteiger partial charge in [0, 0.05) is 18.2 Å². The molecule has 0 unspecified atom stereocenters. The molecule has 11 nitrogen and oxygen atoms in total. The summed E-state index contributed by atoms with van der Waals surface area (Å²) in [5, 5.41) is -0.394. The number of nitrogen functional groups attached to an aromatic ring is 1. The minimum Gasteiger partial charge on any atom is -0.368 e. The molecule has 0 aliphatic heterocycles. The highest BCUT2D eigenvalue weighted by atomic mass is 32.2. The lowest BCUT2D eigenvalue weighted by Gasteiger charge is -2.21. The number of nitrogens with one attached hydrogen (secondary N) is 1. The van der Waals surface area contributed by atoms with Gasteiger partial charge in [0.2, 0.25) is 16.0 Å². The first-order valence-electron chi connectivity index (χ1n) is 18.5. The van der Waals surface area contributed by atoms with Crippen molar-refractivity contribution in [2.75, 3.05) is 12.3 Å². The molecule has 3 N–H and O–H groups in total. The number of benzene rings is 5.